The highest BCUT2D eigenvalue weighted by atomic mass is 32.1. The third-order valence-corrected chi connectivity index (χ3v) is 7.47. The van der Waals surface area contributed by atoms with E-state index in [2.05, 4.69) is 31.8 Å². The van der Waals surface area contributed by atoms with Gasteiger partial charge in [-0.15, -0.1) is 5.10 Å². The molecule has 34 heavy (non-hydrogen) atoms. The molecular formula is C22H25N9O2S. The summed E-state index contributed by atoms with van der Waals surface area (Å²) >= 11 is 1.24. The van der Waals surface area contributed by atoms with Crippen LogP contribution < -0.4 is 10.2 Å². The molecule has 11 nitrogen and oxygen atoms in total. The monoisotopic (exact) mass is 479 g/mol. The highest BCUT2D eigenvalue weighted by Gasteiger charge is 2.41. The SMILES string of the molecule is CO[C@H]1C[C@@H](C(=O)Cc2ncns2)N(c2nc(Nc3cc(C4(C)CC4)[nH]n3)c3cccn3n2)C1. The molecule has 0 spiro atoms. The molecule has 4 aromatic heterocycles. The average Bonchev–Trinajstić information content (AvgIpc) is 3.41. The lowest BCUT2D eigenvalue weighted by Gasteiger charge is -2.23. The van der Waals surface area contributed by atoms with Crippen LogP contribution in [0.1, 0.15) is 36.9 Å². The van der Waals surface area contributed by atoms with Crippen molar-refractivity contribution >= 4 is 40.4 Å². The van der Waals surface area contributed by atoms with Crippen LogP contribution in [-0.2, 0) is 21.4 Å². The molecule has 0 amide bonds. The van der Waals surface area contributed by atoms with Crippen molar-refractivity contribution in [2.45, 2.75) is 50.2 Å². The Kier molecular flexibility index (Phi) is 5.06. The minimum absolute atomic E-state index is 0.0524. The van der Waals surface area contributed by atoms with Gasteiger partial charge in [0.15, 0.2) is 17.4 Å². The summed E-state index contributed by atoms with van der Waals surface area (Å²) in [6.45, 7) is 2.76. The normalized spacial score (nSPS) is 21.3. The van der Waals surface area contributed by atoms with E-state index < -0.39 is 6.04 Å². The Balaban J connectivity index is 1.32. The van der Waals surface area contributed by atoms with Crippen molar-refractivity contribution in [1.29, 1.82) is 0 Å². The van der Waals surface area contributed by atoms with Crippen LogP contribution in [0.5, 0.6) is 0 Å². The van der Waals surface area contributed by atoms with Crippen molar-refractivity contribution in [2.75, 3.05) is 23.9 Å². The van der Waals surface area contributed by atoms with Gasteiger partial charge in [-0.25, -0.2) is 9.50 Å². The van der Waals surface area contributed by atoms with Gasteiger partial charge in [-0.3, -0.25) is 9.89 Å². The Labute approximate surface area is 199 Å². The third kappa shape index (κ3) is 3.82. The Morgan fingerprint density at radius 2 is 2.29 bits per heavy atom. The zero-order valence-electron chi connectivity index (χ0n) is 18.9. The van der Waals surface area contributed by atoms with Crippen molar-refractivity contribution < 1.29 is 9.53 Å². The van der Waals surface area contributed by atoms with Gasteiger partial charge >= 0.3 is 0 Å². The predicted molar refractivity (Wildman–Crippen MR) is 127 cm³/mol. The van der Waals surface area contributed by atoms with E-state index in [0.717, 1.165) is 24.1 Å². The number of H-pyrrole nitrogens is 1. The number of aromatic nitrogens is 7. The van der Waals surface area contributed by atoms with Gasteiger partial charge in [-0.2, -0.15) is 14.5 Å². The highest BCUT2D eigenvalue weighted by molar-refractivity contribution is 7.05. The lowest BCUT2D eigenvalue weighted by molar-refractivity contribution is -0.119. The van der Waals surface area contributed by atoms with Crippen molar-refractivity contribution in [1.82, 2.24) is 34.2 Å². The number of nitrogens with one attached hydrogen (secondary N) is 2. The fourth-order valence-electron chi connectivity index (χ4n) is 4.44. The van der Waals surface area contributed by atoms with E-state index in [1.165, 1.54) is 17.9 Å². The quantitative estimate of drug-likeness (QED) is 0.392. The van der Waals surface area contributed by atoms with Gasteiger partial charge in [0.2, 0.25) is 5.95 Å². The first-order chi connectivity index (χ1) is 16.5. The molecule has 1 aliphatic heterocycles. The average molecular weight is 480 g/mol. The summed E-state index contributed by atoms with van der Waals surface area (Å²) in [6, 6.07) is 5.50. The summed E-state index contributed by atoms with van der Waals surface area (Å²) in [5.41, 5.74) is 2.14. The summed E-state index contributed by atoms with van der Waals surface area (Å²) < 4.78 is 11.4. The van der Waals surface area contributed by atoms with Gasteiger partial charge in [-0.05, 0) is 36.5 Å². The van der Waals surface area contributed by atoms with Crippen LogP contribution in [0.4, 0.5) is 17.6 Å². The molecule has 5 heterocycles. The number of carbonyl (C=O) groups is 1. The maximum absolute atomic E-state index is 13.2. The molecule has 2 N–H and O–H groups in total. The standard InChI is InChI=1S/C22H25N9O2S/c1-22(5-6-22)17-10-18(28-27-17)25-20-14-4-3-7-31(14)29-21(26-20)30-11-13(33-2)8-15(30)16(32)9-19-23-12-24-34-19/h3-4,7,10,12-13,15H,5-6,8-9,11H2,1-2H3,(H2,25,26,27,28,29)/t13-,15-/m0/s1. The zero-order chi connectivity index (χ0) is 23.3. The van der Waals surface area contributed by atoms with Crippen LogP contribution in [0.2, 0.25) is 0 Å². The number of hydrogen-bond donors (Lipinski definition) is 2. The van der Waals surface area contributed by atoms with E-state index >= 15 is 0 Å². The highest BCUT2D eigenvalue weighted by Crippen LogP contribution is 2.47. The lowest BCUT2D eigenvalue weighted by Crippen LogP contribution is -2.38. The predicted octanol–water partition coefficient (Wildman–Crippen LogP) is 2.50. The second-order valence-electron chi connectivity index (χ2n) is 9.19. The minimum atomic E-state index is -0.401. The molecule has 0 bridgehead atoms. The number of rotatable bonds is 8. The first kappa shape index (κ1) is 21.2. The van der Waals surface area contributed by atoms with Crippen LogP contribution in [-0.4, -0.2) is 65.7 Å². The van der Waals surface area contributed by atoms with E-state index in [0.29, 0.717) is 35.6 Å². The number of anilines is 3. The molecule has 1 aliphatic carbocycles. The first-order valence-electron chi connectivity index (χ1n) is 11.3. The van der Waals surface area contributed by atoms with Crippen LogP contribution in [0, 0.1) is 0 Å². The van der Waals surface area contributed by atoms with Crippen molar-refractivity contribution in [3.05, 3.63) is 41.4 Å². The van der Waals surface area contributed by atoms with Crippen molar-refractivity contribution in [2.24, 2.45) is 0 Å². The Morgan fingerprint density at radius 1 is 1.41 bits per heavy atom. The molecule has 0 radical (unpaired) electrons. The second-order valence-corrected chi connectivity index (χ2v) is 10.1. The summed E-state index contributed by atoms with van der Waals surface area (Å²) in [5.74, 6) is 1.85. The Hall–Kier alpha value is -3.38. The number of Topliss-reactive ketones (excluding diaryl/α,β-unsaturated/α-hetero) is 1. The van der Waals surface area contributed by atoms with Gasteiger partial charge in [0.05, 0.1) is 18.6 Å². The molecule has 12 heteroatoms. The minimum Gasteiger partial charge on any atom is -0.380 e. The number of hydrogen-bond acceptors (Lipinski definition) is 10. The van der Waals surface area contributed by atoms with Crippen LogP contribution in [0.3, 0.4) is 0 Å². The van der Waals surface area contributed by atoms with Crippen molar-refractivity contribution in [3.63, 3.8) is 0 Å². The number of ketones is 1. The van der Waals surface area contributed by atoms with E-state index in [1.54, 1.807) is 11.6 Å². The summed E-state index contributed by atoms with van der Waals surface area (Å²) in [4.78, 5) is 24.1. The fourth-order valence-corrected chi connectivity index (χ4v) is 4.96. The second kappa shape index (κ2) is 8.13. The topological polar surface area (TPSA) is 126 Å². The Morgan fingerprint density at radius 3 is 3.06 bits per heavy atom. The molecule has 6 rings (SSSR count). The molecule has 1 saturated heterocycles. The summed E-state index contributed by atoms with van der Waals surface area (Å²) in [6.07, 6.45) is 6.39. The number of carbonyl (C=O) groups excluding carboxylic acids is 1. The van der Waals surface area contributed by atoms with E-state index in [4.69, 9.17) is 14.8 Å². The fraction of sp³-hybridized carbons (Fsp3) is 0.455. The van der Waals surface area contributed by atoms with Gasteiger partial charge < -0.3 is 15.0 Å². The zero-order valence-corrected chi connectivity index (χ0v) is 19.7. The molecule has 2 atom stereocenters. The first-order valence-corrected chi connectivity index (χ1v) is 12.1. The number of aromatic amines is 1. The molecular weight excluding hydrogens is 454 g/mol. The molecule has 1 saturated carbocycles. The van der Waals surface area contributed by atoms with Crippen molar-refractivity contribution in [3.8, 4) is 0 Å². The van der Waals surface area contributed by atoms with Crippen LogP contribution >= 0.6 is 11.5 Å². The molecule has 0 unspecified atom stereocenters. The molecule has 0 aromatic carbocycles. The molecule has 176 valence electrons. The lowest BCUT2D eigenvalue weighted by atomic mass is 10.1. The summed E-state index contributed by atoms with van der Waals surface area (Å²) in [5, 5.41) is 16.3. The van der Waals surface area contributed by atoms with Crippen LogP contribution in [0.25, 0.3) is 5.52 Å². The molecule has 2 fully saturated rings. The number of ether oxygens (including phenoxy) is 1. The van der Waals surface area contributed by atoms with Gasteiger partial charge in [-0.1, -0.05) is 6.92 Å². The third-order valence-electron chi connectivity index (χ3n) is 6.81. The Bertz CT molecular complexity index is 1330. The maximum Gasteiger partial charge on any atom is 0.246 e. The molecule has 2 aliphatic rings. The number of nitrogens with zero attached hydrogens (tertiary/aromatic N) is 7. The van der Waals surface area contributed by atoms with Gasteiger partial charge in [0.1, 0.15) is 16.9 Å². The molecule has 4 aromatic rings. The smallest absolute Gasteiger partial charge is 0.246 e. The van der Waals surface area contributed by atoms with Crippen LogP contribution in [0.15, 0.2) is 30.7 Å². The number of methoxy groups -OCH3 is 1. The van der Waals surface area contributed by atoms with E-state index in [-0.39, 0.29) is 23.7 Å². The maximum atomic E-state index is 13.2. The van der Waals surface area contributed by atoms with Gasteiger partial charge in [0, 0.05) is 43.4 Å². The summed E-state index contributed by atoms with van der Waals surface area (Å²) in [7, 11) is 1.67. The largest absolute Gasteiger partial charge is 0.380 e. The van der Waals surface area contributed by atoms with E-state index in [9.17, 15) is 4.79 Å². The van der Waals surface area contributed by atoms with E-state index in [1.807, 2.05) is 29.3 Å². The number of fused-ring (bicyclic) bond motifs is 1. The van der Waals surface area contributed by atoms with Gasteiger partial charge in [0.25, 0.3) is 0 Å².